The Kier molecular flexibility index (Phi) is 3.38. The molecule has 0 aromatic carbocycles. The van der Waals surface area contributed by atoms with Gasteiger partial charge in [-0.25, -0.2) is 0 Å². The molecule has 1 aromatic heterocycles. The van der Waals surface area contributed by atoms with Crippen LogP contribution in [-0.2, 0) is 0 Å². The maximum absolute atomic E-state index is 5.26. The van der Waals surface area contributed by atoms with E-state index < -0.39 is 0 Å². The van der Waals surface area contributed by atoms with Gasteiger partial charge >= 0.3 is 0 Å². The Morgan fingerprint density at radius 3 is 2.92 bits per heavy atom. The minimum absolute atomic E-state index is 0. The Bertz CT molecular complexity index is 254. The van der Waals surface area contributed by atoms with Gasteiger partial charge in [-0.05, 0) is 25.1 Å². The van der Waals surface area contributed by atoms with Gasteiger partial charge in [0.15, 0.2) is 0 Å². The van der Waals surface area contributed by atoms with E-state index >= 15 is 0 Å². The van der Waals surface area contributed by atoms with Gasteiger partial charge in [-0.1, -0.05) is 6.08 Å². The number of rotatable bonds is 1. The summed E-state index contributed by atoms with van der Waals surface area (Å²) in [6.07, 6.45) is 5.05. The van der Waals surface area contributed by atoms with Crippen LogP contribution in [0.25, 0.3) is 5.57 Å². The Hall–Kier alpha value is -0.730. The molecule has 0 radical (unpaired) electrons. The topological polar surface area (TPSA) is 25.2 Å². The summed E-state index contributed by atoms with van der Waals surface area (Å²) in [5, 5.41) is 3.29. The average Bonchev–Trinajstić information content (AvgIpc) is 2.58. The second-order valence-electron chi connectivity index (χ2n) is 2.67. The monoisotopic (exact) mass is 185 g/mol. The van der Waals surface area contributed by atoms with E-state index in [0.717, 1.165) is 25.3 Å². The molecule has 1 aromatic rings. The SMILES string of the molecule is C1=C(c2ccco2)CNCC1.Cl. The minimum Gasteiger partial charge on any atom is -0.465 e. The lowest BCUT2D eigenvalue weighted by molar-refractivity contribution is 0.546. The van der Waals surface area contributed by atoms with Crippen LogP contribution in [0.15, 0.2) is 28.9 Å². The van der Waals surface area contributed by atoms with Crippen LogP contribution >= 0.6 is 12.4 Å². The lowest BCUT2D eigenvalue weighted by Crippen LogP contribution is -2.21. The molecule has 0 saturated carbocycles. The summed E-state index contributed by atoms with van der Waals surface area (Å²) in [7, 11) is 0. The second kappa shape index (κ2) is 4.33. The van der Waals surface area contributed by atoms with Crippen molar-refractivity contribution < 1.29 is 4.42 Å². The van der Waals surface area contributed by atoms with Gasteiger partial charge in [0, 0.05) is 12.1 Å². The van der Waals surface area contributed by atoms with E-state index in [4.69, 9.17) is 4.42 Å². The quantitative estimate of drug-likeness (QED) is 0.725. The van der Waals surface area contributed by atoms with E-state index in [1.54, 1.807) is 6.26 Å². The predicted octanol–water partition coefficient (Wildman–Crippen LogP) is 2.08. The van der Waals surface area contributed by atoms with Crippen LogP contribution in [0.4, 0.5) is 0 Å². The Balaban J connectivity index is 0.000000720. The number of nitrogens with one attached hydrogen (secondary N) is 1. The van der Waals surface area contributed by atoms with Gasteiger partial charge in [0.25, 0.3) is 0 Å². The first-order chi connectivity index (χ1) is 5.47. The molecule has 0 atom stereocenters. The van der Waals surface area contributed by atoms with E-state index in [2.05, 4.69) is 11.4 Å². The normalized spacial score (nSPS) is 16.5. The summed E-state index contributed by atoms with van der Waals surface area (Å²) < 4.78 is 5.26. The maximum atomic E-state index is 5.26. The molecule has 2 heterocycles. The summed E-state index contributed by atoms with van der Waals surface area (Å²) in [6, 6.07) is 3.92. The number of hydrogen-bond acceptors (Lipinski definition) is 2. The van der Waals surface area contributed by atoms with Crippen LogP contribution in [0.2, 0.25) is 0 Å². The van der Waals surface area contributed by atoms with Gasteiger partial charge in [0.1, 0.15) is 5.76 Å². The van der Waals surface area contributed by atoms with Crippen molar-refractivity contribution in [3.05, 3.63) is 30.2 Å². The summed E-state index contributed by atoms with van der Waals surface area (Å²) in [5.74, 6) is 0.997. The second-order valence-corrected chi connectivity index (χ2v) is 2.67. The van der Waals surface area contributed by atoms with Crippen molar-refractivity contribution >= 4 is 18.0 Å². The van der Waals surface area contributed by atoms with Gasteiger partial charge in [0.2, 0.25) is 0 Å². The molecule has 0 amide bonds. The molecule has 0 bridgehead atoms. The molecule has 0 unspecified atom stereocenters. The van der Waals surface area contributed by atoms with E-state index in [1.165, 1.54) is 5.57 Å². The molecule has 2 nitrogen and oxygen atoms in total. The molecule has 0 spiro atoms. The summed E-state index contributed by atoms with van der Waals surface area (Å²) in [5.41, 5.74) is 1.28. The highest BCUT2D eigenvalue weighted by molar-refractivity contribution is 5.85. The van der Waals surface area contributed by atoms with Gasteiger partial charge in [-0.15, -0.1) is 12.4 Å². The smallest absolute Gasteiger partial charge is 0.130 e. The molecule has 0 fully saturated rings. The highest BCUT2D eigenvalue weighted by atomic mass is 35.5. The zero-order valence-electron chi connectivity index (χ0n) is 6.75. The molecule has 1 aliphatic rings. The lowest BCUT2D eigenvalue weighted by Gasteiger charge is -2.11. The summed E-state index contributed by atoms with van der Waals surface area (Å²) in [6.45, 7) is 2.03. The zero-order chi connectivity index (χ0) is 7.52. The van der Waals surface area contributed by atoms with Crippen LogP contribution in [0, 0.1) is 0 Å². The molecular formula is C9H12ClNO. The highest BCUT2D eigenvalue weighted by Crippen LogP contribution is 2.16. The highest BCUT2D eigenvalue weighted by Gasteiger charge is 2.06. The van der Waals surface area contributed by atoms with Crippen LogP contribution in [-0.4, -0.2) is 13.1 Å². The van der Waals surface area contributed by atoms with E-state index in [0.29, 0.717) is 0 Å². The van der Waals surface area contributed by atoms with Crippen LogP contribution in [0.5, 0.6) is 0 Å². The molecule has 0 aliphatic carbocycles. The lowest BCUT2D eigenvalue weighted by atomic mass is 10.1. The van der Waals surface area contributed by atoms with Gasteiger partial charge in [0.05, 0.1) is 6.26 Å². The van der Waals surface area contributed by atoms with Crippen LogP contribution in [0.3, 0.4) is 0 Å². The molecule has 12 heavy (non-hydrogen) atoms. The molecule has 1 N–H and O–H groups in total. The van der Waals surface area contributed by atoms with Crippen molar-refractivity contribution in [1.82, 2.24) is 5.32 Å². The third kappa shape index (κ3) is 1.90. The van der Waals surface area contributed by atoms with Crippen LogP contribution in [0.1, 0.15) is 12.2 Å². The first-order valence-electron chi connectivity index (χ1n) is 3.90. The molecule has 3 heteroatoms. The number of halogens is 1. The maximum Gasteiger partial charge on any atom is 0.130 e. The summed E-state index contributed by atoms with van der Waals surface area (Å²) in [4.78, 5) is 0. The van der Waals surface area contributed by atoms with Crippen molar-refractivity contribution in [1.29, 1.82) is 0 Å². The third-order valence-electron chi connectivity index (χ3n) is 1.86. The fourth-order valence-corrected chi connectivity index (χ4v) is 1.29. The molecular weight excluding hydrogens is 174 g/mol. The molecule has 0 saturated heterocycles. The van der Waals surface area contributed by atoms with E-state index in [1.807, 2.05) is 12.1 Å². The first-order valence-corrected chi connectivity index (χ1v) is 3.90. The zero-order valence-corrected chi connectivity index (χ0v) is 7.56. The van der Waals surface area contributed by atoms with Crippen molar-refractivity contribution in [2.24, 2.45) is 0 Å². The standard InChI is InChI=1S/C9H11NO.ClH/c1-3-8(7-10-5-1)9-4-2-6-11-9;/h2-4,6,10H,1,5,7H2;1H. The van der Waals surface area contributed by atoms with Crippen molar-refractivity contribution in [2.75, 3.05) is 13.1 Å². The molecule has 2 rings (SSSR count). The van der Waals surface area contributed by atoms with Crippen LogP contribution < -0.4 is 5.32 Å². The van der Waals surface area contributed by atoms with Crippen molar-refractivity contribution in [2.45, 2.75) is 6.42 Å². The predicted molar refractivity (Wildman–Crippen MR) is 51.4 cm³/mol. The molecule has 1 aliphatic heterocycles. The van der Waals surface area contributed by atoms with E-state index in [9.17, 15) is 0 Å². The van der Waals surface area contributed by atoms with Crippen molar-refractivity contribution in [3.8, 4) is 0 Å². The Morgan fingerprint density at radius 1 is 1.42 bits per heavy atom. The largest absolute Gasteiger partial charge is 0.465 e. The summed E-state index contributed by atoms with van der Waals surface area (Å²) >= 11 is 0. The van der Waals surface area contributed by atoms with E-state index in [-0.39, 0.29) is 12.4 Å². The fraction of sp³-hybridized carbons (Fsp3) is 0.333. The van der Waals surface area contributed by atoms with Gasteiger partial charge in [-0.3, -0.25) is 0 Å². The molecule has 66 valence electrons. The van der Waals surface area contributed by atoms with Crippen molar-refractivity contribution in [3.63, 3.8) is 0 Å². The first kappa shape index (κ1) is 9.36. The van der Waals surface area contributed by atoms with Gasteiger partial charge in [-0.2, -0.15) is 0 Å². The van der Waals surface area contributed by atoms with Gasteiger partial charge < -0.3 is 9.73 Å². The Morgan fingerprint density at radius 2 is 2.33 bits per heavy atom. The third-order valence-corrected chi connectivity index (χ3v) is 1.86. The fourth-order valence-electron chi connectivity index (χ4n) is 1.29. The number of furan rings is 1. The number of hydrogen-bond donors (Lipinski definition) is 1. The Labute approximate surface area is 78.1 Å². The minimum atomic E-state index is 0. The average molecular weight is 186 g/mol.